The molecule has 0 spiro atoms. The molecule has 25 heavy (non-hydrogen) atoms. The zero-order valence-corrected chi connectivity index (χ0v) is 13.7. The van der Waals surface area contributed by atoms with Crippen molar-refractivity contribution in [1.29, 1.82) is 0 Å². The van der Waals surface area contributed by atoms with Gasteiger partial charge in [0.15, 0.2) is 0 Å². The van der Waals surface area contributed by atoms with Crippen LogP contribution in [-0.4, -0.2) is 23.8 Å². The Kier molecular flexibility index (Phi) is 5.40. The minimum Gasteiger partial charge on any atom is -0.494 e. The number of non-ortho nitro benzene ring substituents is 1. The van der Waals surface area contributed by atoms with Gasteiger partial charge in [0.1, 0.15) is 5.75 Å². The first-order valence-electron chi connectivity index (χ1n) is 6.81. The van der Waals surface area contributed by atoms with Gasteiger partial charge in [-0.05, 0) is 24.3 Å². The van der Waals surface area contributed by atoms with E-state index in [0.717, 1.165) is 6.07 Å². The van der Waals surface area contributed by atoms with E-state index in [9.17, 15) is 19.7 Å². The number of methoxy groups -OCH3 is 1. The fourth-order valence-corrected chi connectivity index (χ4v) is 2.05. The molecule has 0 fully saturated rings. The van der Waals surface area contributed by atoms with Crippen LogP contribution in [0.1, 0.15) is 0 Å². The third kappa shape index (κ3) is 4.36. The Hall–Kier alpha value is -3.33. The number of hydrogen-bond donors (Lipinski definition) is 3. The summed E-state index contributed by atoms with van der Waals surface area (Å²) in [6, 6.07) is 7.94. The van der Waals surface area contributed by atoms with E-state index < -0.39 is 16.7 Å². The second kappa shape index (κ2) is 7.49. The second-order valence-corrected chi connectivity index (χ2v) is 5.19. The van der Waals surface area contributed by atoms with Gasteiger partial charge in [-0.25, -0.2) is 0 Å². The molecule has 0 radical (unpaired) electrons. The first-order chi connectivity index (χ1) is 11.8. The average Bonchev–Trinajstić information content (AvgIpc) is 2.58. The number of nitro benzene ring substituents is 1. The molecular weight excluding hydrogens is 352 g/mol. The summed E-state index contributed by atoms with van der Waals surface area (Å²) in [6.45, 7) is 0. The van der Waals surface area contributed by atoms with E-state index in [4.69, 9.17) is 22.1 Å². The minimum absolute atomic E-state index is 0.0471. The van der Waals surface area contributed by atoms with Gasteiger partial charge in [-0.3, -0.25) is 19.7 Å². The number of benzene rings is 2. The Balaban J connectivity index is 2.11. The minimum atomic E-state index is -0.986. The molecule has 0 saturated heterocycles. The number of carbonyl (C=O) groups excluding carboxylic acids is 2. The van der Waals surface area contributed by atoms with Crippen LogP contribution in [0.15, 0.2) is 36.4 Å². The number of nitrogen functional groups attached to an aromatic ring is 1. The highest BCUT2D eigenvalue weighted by molar-refractivity contribution is 6.44. The lowest BCUT2D eigenvalue weighted by atomic mass is 10.2. The van der Waals surface area contributed by atoms with Crippen molar-refractivity contribution in [2.75, 3.05) is 23.5 Å². The number of ether oxygens (including phenoxy) is 1. The second-order valence-electron chi connectivity index (χ2n) is 4.79. The van der Waals surface area contributed by atoms with Crippen LogP contribution < -0.4 is 21.1 Å². The molecule has 0 saturated carbocycles. The average molecular weight is 365 g/mol. The molecular formula is C15H13ClN4O5. The fourth-order valence-electron chi connectivity index (χ4n) is 1.87. The number of nitrogens with two attached hydrogens (primary N) is 1. The van der Waals surface area contributed by atoms with Crippen molar-refractivity contribution in [2.24, 2.45) is 0 Å². The first-order valence-corrected chi connectivity index (χ1v) is 7.19. The molecule has 0 unspecified atom stereocenters. The monoisotopic (exact) mass is 364 g/mol. The first kappa shape index (κ1) is 18.0. The highest BCUT2D eigenvalue weighted by atomic mass is 35.5. The summed E-state index contributed by atoms with van der Waals surface area (Å²) < 4.78 is 4.98. The molecule has 2 amide bonds. The molecule has 0 aromatic heterocycles. The molecule has 0 bridgehead atoms. The normalized spacial score (nSPS) is 10.0. The van der Waals surface area contributed by atoms with Gasteiger partial charge in [-0.15, -0.1) is 0 Å². The molecule has 0 heterocycles. The highest BCUT2D eigenvalue weighted by Crippen LogP contribution is 2.29. The van der Waals surface area contributed by atoms with Gasteiger partial charge in [0, 0.05) is 11.8 Å². The maximum atomic E-state index is 12.0. The van der Waals surface area contributed by atoms with Gasteiger partial charge in [0.05, 0.1) is 34.5 Å². The quantitative estimate of drug-likeness (QED) is 0.330. The topological polar surface area (TPSA) is 137 Å². The third-order valence-electron chi connectivity index (χ3n) is 3.11. The van der Waals surface area contributed by atoms with E-state index in [1.54, 1.807) is 0 Å². The number of carbonyl (C=O) groups is 2. The van der Waals surface area contributed by atoms with Crippen LogP contribution in [0.5, 0.6) is 5.75 Å². The lowest BCUT2D eigenvalue weighted by Crippen LogP contribution is -2.29. The summed E-state index contributed by atoms with van der Waals surface area (Å²) in [4.78, 5) is 34.1. The maximum absolute atomic E-state index is 12.0. The van der Waals surface area contributed by atoms with Gasteiger partial charge < -0.3 is 21.1 Å². The summed E-state index contributed by atoms with van der Waals surface area (Å²) in [5.41, 5.74) is 6.08. The lowest BCUT2D eigenvalue weighted by Gasteiger charge is -2.10. The van der Waals surface area contributed by atoms with Crippen molar-refractivity contribution in [3.8, 4) is 5.75 Å². The van der Waals surface area contributed by atoms with Crippen LogP contribution in [0.4, 0.5) is 22.7 Å². The third-order valence-corrected chi connectivity index (χ3v) is 3.44. The van der Waals surface area contributed by atoms with Crippen LogP contribution in [0.2, 0.25) is 5.02 Å². The van der Waals surface area contributed by atoms with E-state index in [1.165, 1.54) is 37.4 Å². The molecule has 2 aromatic carbocycles. The number of anilines is 3. The Labute approximate surface area is 146 Å². The van der Waals surface area contributed by atoms with Crippen molar-refractivity contribution < 1.29 is 19.2 Å². The molecule has 0 aliphatic rings. The van der Waals surface area contributed by atoms with E-state index in [0.29, 0.717) is 5.69 Å². The molecule has 2 aromatic rings. The molecule has 9 nitrogen and oxygen atoms in total. The van der Waals surface area contributed by atoms with E-state index in [1.807, 2.05) is 0 Å². The van der Waals surface area contributed by atoms with Gasteiger partial charge in [0.2, 0.25) is 0 Å². The number of nitro groups is 1. The number of amides is 2. The highest BCUT2D eigenvalue weighted by Gasteiger charge is 2.18. The number of nitrogens with one attached hydrogen (secondary N) is 2. The van der Waals surface area contributed by atoms with Gasteiger partial charge in [-0.2, -0.15) is 0 Å². The van der Waals surface area contributed by atoms with Gasteiger partial charge in [0.25, 0.3) is 5.69 Å². The van der Waals surface area contributed by atoms with Crippen LogP contribution in [-0.2, 0) is 9.59 Å². The summed E-state index contributed by atoms with van der Waals surface area (Å²) >= 11 is 5.84. The van der Waals surface area contributed by atoms with E-state index in [-0.39, 0.29) is 27.8 Å². The molecule has 0 aliphatic heterocycles. The predicted molar refractivity (Wildman–Crippen MR) is 92.8 cm³/mol. The van der Waals surface area contributed by atoms with Gasteiger partial charge in [-0.1, -0.05) is 11.6 Å². The van der Waals surface area contributed by atoms with E-state index in [2.05, 4.69) is 10.6 Å². The smallest absolute Gasteiger partial charge is 0.314 e. The van der Waals surface area contributed by atoms with Crippen molar-refractivity contribution >= 4 is 46.2 Å². The summed E-state index contributed by atoms with van der Waals surface area (Å²) in [6.07, 6.45) is 0. The zero-order valence-electron chi connectivity index (χ0n) is 12.9. The number of rotatable bonds is 4. The Morgan fingerprint density at radius 2 is 1.84 bits per heavy atom. The number of halogens is 1. The van der Waals surface area contributed by atoms with Crippen molar-refractivity contribution in [3.63, 3.8) is 0 Å². The zero-order chi connectivity index (χ0) is 18.6. The van der Waals surface area contributed by atoms with Crippen LogP contribution in [0.3, 0.4) is 0 Å². The SMILES string of the molecule is COc1cc([N+](=O)[O-])ccc1NC(=O)C(=O)Nc1ccc(N)c(Cl)c1. The molecule has 2 rings (SSSR count). The summed E-state index contributed by atoms with van der Waals surface area (Å²) in [5, 5.41) is 15.7. The summed E-state index contributed by atoms with van der Waals surface area (Å²) in [5.74, 6) is -1.90. The molecule has 0 aliphatic carbocycles. The molecule has 10 heteroatoms. The van der Waals surface area contributed by atoms with Crippen LogP contribution in [0, 0.1) is 10.1 Å². The van der Waals surface area contributed by atoms with Crippen LogP contribution >= 0.6 is 11.6 Å². The van der Waals surface area contributed by atoms with Crippen molar-refractivity contribution in [1.82, 2.24) is 0 Å². The molecule has 4 N–H and O–H groups in total. The number of nitrogens with zero attached hydrogens (tertiary/aromatic N) is 1. The predicted octanol–water partition coefficient (Wildman–Crippen LogP) is 2.42. The van der Waals surface area contributed by atoms with Crippen LogP contribution in [0.25, 0.3) is 0 Å². The maximum Gasteiger partial charge on any atom is 0.314 e. The number of hydrogen-bond acceptors (Lipinski definition) is 6. The van der Waals surface area contributed by atoms with Crippen molar-refractivity contribution in [3.05, 3.63) is 51.5 Å². The largest absolute Gasteiger partial charge is 0.494 e. The summed E-state index contributed by atoms with van der Waals surface area (Å²) in [7, 11) is 1.28. The Bertz CT molecular complexity index is 856. The molecule has 130 valence electrons. The standard InChI is InChI=1S/C15H13ClN4O5/c1-25-13-7-9(20(23)24)3-5-12(13)19-15(22)14(21)18-8-2-4-11(17)10(16)6-8/h2-7H,17H2,1H3,(H,18,21)(H,19,22). The Morgan fingerprint density at radius 1 is 1.16 bits per heavy atom. The Morgan fingerprint density at radius 3 is 2.44 bits per heavy atom. The van der Waals surface area contributed by atoms with Crippen molar-refractivity contribution in [2.45, 2.75) is 0 Å². The fraction of sp³-hybridized carbons (Fsp3) is 0.0667. The van der Waals surface area contributed by atoms with Gasteiger partial charge >= 0.3 is 11.8 Å². The lowest BCUT2D eigenvalue weighted by molar-refractivity contribution is -0.384. The molecule has 0 atom stereocenters. The van der Waals surface area contributed by atoms with E-state index >= 15 is 0 Å².